The Morgan fingerprint density at radius 1 is 1.59 bits per heavy atom. The summed E-state index contributed by atoms with van der Waals surface area (Å²) in [5, 5.41) is 9.08. The Morgan fingerprint density at radius 3 is 2.88 bits per heavy atom. The molecule has 1 saturated heterocycles. The van der Waals surface area contributed by atoms with E-state index in [1.54, 1.807) is 12.0 Å². The minimum atomic E-state index is 0.0448. The van der Waals surface area contributed by atoms with Crippen LogP contribution in [0.5, 0.6) is 5.75 Å². The van der Waals surface area contributed by atoms with Crippen LogP contribution in [0.25, 0.3) is 0 Å². The molecule has 1 aromatic rings. The largest absolute Gasteiger partial charge is 0.496 e. The molecular formula is C12H14BrNO3. The van der Waals surface area contributed by atoms with Crippen molar-refractivity contribution in [1.29, 1.82) is 0 Å². The Bertz CT molecular complexity index is 436. The van der Waals surface area contributed by atoms with Crippen molar-refractivity contribution in [3.05, 3.63) is 22.7 Å². The molecule has 0 saturated carbocycles. The van der Waals surface area contributed by atoms with Crippen LogP contribution in [0.4, 0.5) is 5.69 Å². The maximum Gasteiger partial charge on any atom is 0.227 e. The van der Waals surface area contributed by atoms with E-state index >= 15 is 0 Å². The molecule has 4 nitrogen and oxygen atoms in total. The Balaban J connectivity index is 2.23. The highest BCUT2D eigenvalue weighted by Gasteiger charge is 2.30. The molecule has 1 atom stereocenters. The second-order valence-corrected chi connectivity index (χ2v) is 4.93. The Kier molecular flexibility index (Phi) is 3.69. The number of hydrogen-bond acceptors (Lipinski definition) is 3. The van der Waals surface area contributed by atoms with Gasteiger partial charge in [0.2, 0.25) is 5.91 Å². The Labute approximate surface area is 108 Å². The number of carbonyl (C=O) groups excluding carboxylic acids is 1. The zero-order chi connectivity index (χ0) is 12.4. The molecule has 1 heterocycles. The van der Waals surface area contributed by atoms with Gasteiger partial charge in [-0.05, 0) is 34.1 Å². The van der Waals surface area contributed by atoms with Gasteiger partial charge in [0.25, 0.3) is 0 Å². The number of carbonyl (C=O) groups is 1. The highest BCUT2D eigenvalue weighted by atomic mass is 79.9. The van der Waals surface area contributed by atoms with Crippen molar-refractivity contribution in [3.63, 3.8) is 0 Å². The fraction of sp³-hybridized carbons (Fsp3) is 0.417. The summed E-state index contributed by atoms with van der Waals surface area (Å²) < 4.78 is 5.96. The van der Waals surface area contributed by atoms with Crippen molar-refractivity contribution >= 4 is 27.5 Å². The molecule has 2 rings (SSSR count). The van der Waals surface area contributed by atoms with Crippen LogP contribution in [0.15, 0.2) is 22.7 Å². The third-order valence-electron chi connectivity index (χ3n) is 2.91. The SMILES string of the molecule is COc1ccc(N2CC(CO)CC2=O)cc1Br. The van der Waals surface area contributed by atoms with Gasteiger partial charge in [0.1, 0.15) is 5.75 Å². The monoisotopic (exact) mass is 299 g/mol. The maximum absolute atomic E-state index is 11.8. The van der Waals surface area contributed by atoms with E-state index in [0.29, 0.717) is 13.0 Å². The summed E-state index contributed by atoms with van der Waals surface area (Å²) in [6, 6.07) is 5.52. The predicted octanol–water partition coefficient (Wildman–Crippen LogP) is 1.80. The van der Waals surface area contributed by atoms with Gasteiger partial charge in [-0.15, -0.1) is 0 Å². The number of aliphatic hydroxyl groups excluding tert-OH is 1. The summed E-state index contributed by atoms with van der Waals surface area (Å²) in [7, 11) is 1.60. The van der Waals surface area contributed by atoms with Crippen molar-refractivity contribution in [2.45, 2.75) is 6.42 Å². The van der Waals surface area contributed by atoms with E-state index in [1.807, 2.05) is 18.2 Å². The topological polar surface area (TPSA) is 49.8 Å². The molecule has 0 aliphatic carbocycles. The number of rotatable bonds is 3. The van der Waals surface area contributed by atoms with Gasteiger partial charge in [-0.2, -0.15) is 0 Å². The van der Waals surface area contributed by atoms with Gasteiger partial charge in [0.05, 0.1) is 11.6 Å². The van der Waals surface area contributed by atoms with E-state index in [0.717, 1.165) is 15.9 Å². The quantitative estimate of drug-likeness (QED) is 0.926. The first-order valence-corrected chi connectivity index (χ1v) is 6.19. The average Bonchev–Trinajstić information content (AvgIpc) is 2.70. The van der Waals surface area contributed by atoms with Gasteiger partial charge in [-0.1, -0.05) is 0 Å². The van der Waals surface area contributed by atoms with Crippen molar-refractivity contribution in [2.24, 2.45) is 5.92 Å². The van der Waals surface area contributed by atoms with Crippen molar-refractivity contribution < 1.29 is 14.6 Å². The van der Waals surface area contributed by atoms with Crippen LogP contribution < -0.4 is 9.64 Å². The third-order valence-corrected chi connectivity index (χ3v) is 3.53. The molecule has 1 N–H and O–H groups in total. The van der Waals surface area contributed by atoms with Crippen LogP contribution in [0.2, 0.25) is 0 Å². The Morgan fingerprint density at radius 2 is 2.35 bits per heavy atom. The fourth-order valence-electron chi connectivity index (χ4n) is 1.98. The maximum atomic E-state index is 11.8. The molecule has 1 aromatic carbocycles. The van der Waals surface area contributed by atoms with Crippen LogP contribution in [-0.2, 0) is 4.79 Å². The van der Waals surface area contributed by atoms with Gasteiger partial charge in [-0.3, -0.25) is 4.79 Å². The molecule has 17 heavy (non-hydrogen) atoms. The number of methoxy groups -OCH3 is 1. The van der Waals surface area contributed by atoms with Gasteiger partial charge >= 0.3 is 0 Å². The molecule has 1 amide bonds. The predicted molar refractivity (Wildman–Crippen MR) is 68.2 cm³/mol. The van der Waals surface area contributed by atoms with Crippen molar-refractivity contribution in [2.75, 3.05) is 25.2 Å². The number of aliphatic hydroxyl groups is 1. The van der Waals surface area contributed by atoms with Crippen LogP contribution in [-0.4, -0.2) is 31.3 Å². The van der Waals surface area contributed by atoms with Crippen LogP contribution in [0.3, 0.4) is 0 Å². The van der Waals surface area contributed by atoms with E-state index in [-0.39, 0.29) is 18.4 Å². The second-order valence-electron chi connectivity index (χ2n) is 4.08. The summed E-state index contributed by atoms with van der Waals surface area (Å²) in [5.41, 5.74) is 0.832. The van der Waals surface area contributed by atoms with E-state index in [2.05, 4.69) is 15.9 Å². The lowest BCUT2D eigenvalue weighted by Gasteiger charge is -2.17. The number of halogens is 1. The van der Waals surface area contributed by atoms with E-state index in [9.17, 15) is 4.79 Å². The van der Waals surface area contributed by atoms with Crippen LogP contribution >= 0.6 is 15.9 Å². The lowest BCUT2D eigenvalue weighted by atomic mass is 10.1. The summed E-state index contributed by atoms with van der Waals surface area (Å²) in [6.45, 7) is 0.633. The minimum Gasteiger partial charge on any atom is -0.496 e. The van der Waals surface area contributed by atoms with Crippen LogP contribution in [0.1, 0.15) is 6.42 Å². The third kappa shape index (κ3) is 2.45. The molecule has 1 fully saturated rings. The normalized spacial score (nSPS) is 19.8. The molecule has 1 unspecified atom stereocenters. The minimum absolute atomic E-state index is 0.0448. The van der Waals surface area contributed by atoms with Gasteiger partial charge in [0, 0.05) is 31.2 Å². The number of amides is 1. The van der Waals surface area contributed by atoms with Gasteiger partial charge < -0.3 is 14.7 Å². The van der Waals surface area contributed by atoms with Crippen molar-refractivity contribution in [1.82, 2.24) is 0 Å². The summed E-state index contributed by atoms with van der Waals surface area (Å²) in [4.78, 5) is 13.5. The number of ether oxygens (including phenoxy) is 1. The lowest BCUT2D eigenvalue weighted by Crippen LogP contribution is -2.24. The average molecular weight is 300 g/mol. The molecule has 5 heteroatoms. The summed E-state index contributed by atoms with van der Waals surface area (Å²) >= 11 is 3.39. The smallest absolute Gasteiger partial charge is 0.227 e. The van der Waals surface area contributed by atoms with E-state index in [4.69, 9.17) is 9.84 Å². The molecule has 0 bridgehead atoms. The summed E-state index contributed by atoms with van der Waals surface area (Å²) in [6.07, 6.45) is 0.417. The van der Waals surface area contributed by atoms with E-state index < -0.39 is 0 Å². The first-order valence-electron chi connectivity index (χ1n) is 5.40. The van der Waals surface area contributed by atoms with Gasteiger partial charge in [-0.25, -0.2) is 0 Å². The van der Waals surface area contributed by atoms with E-state index in [1.165, 1.54) is 0 Å². The first-order chi connectivity index (χ1) is 8.15. The standard InChI is InChI=1S/C12H14BrNO3/c1-17-11-3-2-9(5-10(11)13)14-6-8(7-15)4-12(14)16/h2-3,5,8,15H,4,6-7H2,1H3. The summed E-state index contributed by atoms with van der Waals surface area (Å²) in [5.74, 6) is 0.837. The number of anilines is 1. The first kappa shape index (κ1) is 12.4. The molecule has 0 aromatic heterocycles. The number of hydrogen-bond donors (Lipinski definition) is 1. The van der Waals surface area contributed by atoms with Crippen molar-refractivity contribution in [3.8, 4) is 5.75 Å². The highest BCUT2D eigenvalue weighted by molar-refractivity contribution is 9.10. The molecule has 92 valence electrons. The van der Waals surface area contributed by atoms with Gasteiger partial charge in [0.15, 0.2) is 0 Å². The number of nitrogens with zero attached hydrogens (tertiary/aromatic N) is 1. The molecule has 1 aliphatic heterocycles. The molecule has 0 spiro atoms. The number of benzene rings is 1. The lowest BCUT2D eigenvalue weighted by molar-refractivity contribution is -0.117. The Hall–Kier alpha value is -1.07. The second kappa shape index (κ2) is 5.06. The molecule has 0 radical (unpaired) electrons. The molecular weight excluding hydrogens is 286 g/mol. The highest BCUT2D eigenvalue weighted by Crippen LogP contribution is 2.32. The fourth-order valence-corrected chi connectivity index (χ4v) is 2.51. The zero-order valence-corrected chi connectivity index (χ0v) is 11.1. The van der Waals surface area contributed by atoms with Crippen LogP contribution in [0, 0.1) is 5.92 Å². The molecule has 1 aliphatic rings. The zero-order valence-electron chi connectivity index (χ0n) is 9.52.